The highest BCUT2D eigenvalue weighted by atomic mass is 31.1. The first-order valence-corrected chi connectivity index (χ1v) is 10.6. The van der Waals surface area contributed by atoms with Gasteiger partial charge in [-0.1, -0.05) is 66.8 Å². The third-order valence-corrected chi connectivity index (χ3v) is 6.76. The van der Waals surface area contributed by atoms with Crippen molar-refractivity contribution in [3.05, 3.63) is 102 Å². The van der Waals surface area contributed by atoms with E-state index in [0.717, 1.165) is 45.2 Å². The van der Waals surface area contributed by atoms with Crippen LogP contribution in [0.3, 0.4) is 0 Å². The highest BCUT2D eigenvalue weighted by molar-refractivity contribution is 7.38. The van der Waals surface area contributed by atoms with Gasteiger partial charge in [0.2, 0.25) is 8.01 Å². The second kappa shape index (κ2) is 7.26. The molecule has 0 spiro atoms. The molecule has 1 heterocycles. The molecule has 0 aliphatic heterocycles. The Morgan fingerprint density at radius 2 is 1.30 bits per heavy atom. The van der Waals surface area contributed by atoms with Crippen molar-refractivity contribution in [2.75, 3.05) is 0 Å². The zero-order valence-corrected chi connectivity index (χ0v) is 16.5. The van der Waals surface area contributed by atoms with E-state index in [9.17, 15) is 13.2 Å². The van der Waals surface area contributed by atoms with E-state index in [1.165, 1.54) is 12.1 Å². The van der Waals surface area contributed by atoms with Crippen LogP contribution in [0.2, 0.25) is 0 Å². The summed E-state index contributed by atoms with van der Waals surface area (Å²) in [5.74, 6) is 0. The number of alkyl halides is 3. The van der Waals surface area contributed by atoms with Gasteiger partial charge in [-0.25, -0.2) is 0 Å². The van der Waals surface area contributed by atoms with Crippen molar-refractivity contribution in [2.45, 2.75) is 11.8 Å². The Bertz CT molecular complexity index is 1270. The number of para-hydroxylation sites is 2. The minimum Gasteiger partial charge on any atom is -0.418 e. The highest BCUT2D eigenvalue weighted by Gasteiger charge is 2.31. The predicted octanol–water partition coefficient (Wildman–Crippen LogP) is 8.50. The molecular weight excluding hydrogens is 408 g/mol. The Balaban J connectivity index is 1.64. The SMILES string of the molecule is FC(F)(F)c1ccc(C2=CC=CC2p2oc3ccccc3c3ccccc3o2)cc1. The molecule has 1 aromatic heterocycles. The molecule has 3 aromatic carbocycles. The first-order valence-electron chi connectivity index (χ1n) is 9.40. The van der Waals surface area contributed by atoms with Gasteiger partial charge in [0.15, 0.2) is 0 Å². The highest BCUT2D eigenvalue weighted by Crippen LogP contribution is 2.52. The van der Waals surface area contributed by atoms with E-state index >= 15 is 0 Å². The Morgan fingerprint density at radius 1 is 0.733 bits per heavy atom. The van der Waals surface area contributed by atoms with Gasteiger partial charge >= 0.3 is 6.18 Å². The van der Waals surface area contributed by atoms with E-state index < -0.39 is 19.8 Å². The molecule has 6 heteroatoms. The summed E-state index contributed by atoms with van der Waals surface area (Å²) in [6.07, 6.45) is 1.43. The number of halogens is 3. The maximum Gasteiger partial charge on any atom is 0.416 e. The van der Waals surface area contributed by atoms with E-state index in [1.54, 1.807) is 0 Å². The Morgan fingerprint density at radius 3 is 1.87 bits per heavy atom. The summed E-state index contributed by atoms with van der Waals surface area (Å²) >= 11 is 0. The molecule has 0 fully saturated rings. The van der Waals surface area contributed by atoms with Gasteiger partial charge in [0.05, 0.1) is 5.56 Å². The molecule has 0 saturated heterocycles. The van der Waals surface area contributed by atoms with Gasteiger partial charge < -0.3 is 8.39 Å². The van der Waals surface area contributed by atoms with Crippen molar-refractivity contribution < 1.29 is 21.6 Å². The normalized spacial score (nSPS) is 16.2. The minimum atomic E-state index is -4.36. The van der Waals surface area contributed by atoms with Crippen LogP contribution in [0.1, 0.15) is 16.8 Å². The molecule has 4 aromatic rings. The molecule has 0 bridgehead atoms. The standard InChI is InChI=1S/C24H16F3O2P/c25-24(26,27)17-14-12-16(13-15-17)18-8-5-11-23(18)30-28-21-9-3-1-6-19(21)20-7-2-4-10-22(20)29-30/h1-15,23H. The summed E-state index contributed by atoms with van der Waals surface area (Å²) in [7, 11) is -1.44. The van der Waals surface area contributed by atoms with Crippen molar-refractivity contribution in [1.29, 1.82) is 0 Å². The molecule has 0 N–H and O–H groups in total. The molecule has 1 atom stereocenters. The van der Waals surface area contributed by atoms with E-state index in [4.69, 9.17) is 8.39 Å². The quantitative estimate of drug-likeness (QED) is 0.322. The monoisotopic (exact) mass is 424 g/mol. The maximum absolute atomic E-state index is 12.9. The fourth-order valence-electron chi connectivity index (χ4n) is 3.63. The Hall–Kier alpha value is -3.17. The molecular formula is C24H16F3O2P. The number of hydrogen-bond donors (Lipinski definition) is 0. The fraction of sp³-hybridized carbons (Fsp3) is 0.0833. The van der Waals surface area contributed by atoms with Gasteiger partial charge in [-0.3, -0.25) is 0 Å². The Kier molecular flexibility index (Phi) is 4.56. The van der Waals surface area contributed by atoms with Gasteiger partial charge in [0, 0.05) is 10.8 Å². The maximum atomic E-state index is 12.9. The summed E-state index contributed by atoms with van der Waals surface area (Å²) in [6.45, 7) is 0. The van der Waals surface area contributed by atoms with Crippen molar-refractivity contribution in [3.8, 4) is 0 Å². The van der Waals surface area contributed by atoms with Gasteiger partial charge in [0.25, 0.3) is 0 Å². The first kappa shape index (κ1) is 18.8. The van der Waals surface area contributed by atoms with Gasteiger partial charge in [-0.2, -0.15) is 13.2 Å². The Labute approximate surface area is 171 Å². The van der Waals surface area contributed by atoms with Gasteiger partial charge in [-0.15, -0.1) is 0 Å². The van der Waals surface area contributed by atoms with Crippen molar-refractivity contribution in [3.63, 3.8) is 0 Å². The summed E-state index contributed by atoms with van der Waals surface area (Å²) in [6, 6.07) is 20.8. The van der Waals surface area contributed by atoms with Crippen molar-refractivity contribution in [1.82, 2.24) is 0 Å². The van der Waals surface area contributed by atoms with Crippen LogP contribution in [-0.2, 0) is 6.18 Å². The molecule has 0 saturated carbocycles. The smallest absolute Gasteiger partial charge is 0.416 e. The fourth-order valence-corrected chi connectivity index (χ4v) is 5.31. The van der Waals surface area contributed by atoms with Crippen LogP contribution in [0.5, 0.6) is 0 Å². The molecule has 0 amide bonds. The summed E-state index contributed by atoms with van der Waals surface area (Å²) in [4.78, 5) is 0. The number of benzene rings is 3. The van der Waals surface area contributed by atoms with Crippen LogP contribution >= 0.6 is 8.01 Å². The van der Waals surface area contributed by atoms with E-state index in [0.29, 0.717) is 0 Å². The molecule has 30 heavy (non-hydrogen) atoms. The van der Waals surface area contributed by atoms with E-state index in [-0.39, 0.29) is 5.66 Å². The van der Waals surface area contributed by atoms with Crippen LogP contribution in [0.15, 0.2) is 99.4 Å². The lowest BCUT2D eigenvalue weighted by atomic mass is 10.0. The number of allylic oxidation sites excluding steroid dienone is 4. The van der Waals surface area contributed by atoms with Crippen LogP contribution in [0, 0.1) is 0 Å². The summed E-state index contributed by atoms with van der Waals surface area (Å²) in [5, 5.41) is 1.92. The molecule has 0 radical (unpaired) electrons. The first-order chi connectivity index (χ1) is 14.5. The largest absolute Gasteiger partial charge is 0.418 e. The van der Waals surface area contributed by atoms with Gasteiger partial charge in [-0.05, 0) is 35.4 Å². The average Bonchev–Trinajstić information content (AvgIpc) is 3.17. The predicted molar refractivity (Wildman–Crippen MR) is 114 cm³/mol. The molecule has 1 unspecified atom stereocenters. The molecule has 1 aliphatic carbocycles. The summed E-state index contributed by atoms with van der Waals surface area (Å²) < 4.78 is 51.4. The lowest BCUT2D eigenvalue weighted by Crippen LogP contribution is -2.04. The van der Waals surface area contributed by atoms with Crippen molar-refractivity contribution in [2.24, 2.45) is 0 Å². The van der Waals surface area contributed by atoms with Crippen LogP contribution in [0.4, 0.5) is 13.2 Å². The topological polar surface area (TPSA) is 26.3 Å². The number of hydrogen-bond acceptors (Lipinski definition) is 2. The second-order valence-corrected chi connectivity index (χ2v) is 8.48. The third kappa shape index (κ3) is 3.35. The van der Waals surface area contributed by atoms with Crippen LogP contribution < -0.4 is 0 Å². The van der Waals surface area contributed by atoms with E-state index in [2.05, 4.69) is 0 Å². The van der Waals surface area contributed by atoms with Crippen LogP contribution in [-0.4, -0.2) is 0 Å². The molecule has 5 rings (SSSR count). The second-order valence-electron chi connectivity index (χ2n) is 6.99. The zero-order valence-electron chi connectivity index (χ0n) is 15.6. The number of fused-ring (bicyclic) bond motifs is 3. The third-order valence-electron chi connectivity index (χ3n) is 5.10. The summed E-state index contributed by atoms with van der Waals surface area (Å²) in [5.41, 5.74) is 2.22. The zero-order chi connectivity index (χ0) is 20.7. The molecule has 2 nitrogen and oxygen atoms in total. The molecule has 1 aliphatic rings. The van der Waals surface area contributed by atoms with Crippen molar-refractivity contribution >= 4 is 35.5 Å². The number of rotatable bonds is 2. The van der Waals surface area contributed by atoms with E-state index in [1.807, 2.05) is 66.8 Å². The minimum absolute atomic E-state index is 0.198. The lowest BCUT2D eigenvalue weighted by molar-refractivity contribution is -0.137. The van der Waals surface area contributed by atoms with Gasteiger partial charge in [0.1, 0.15) is 16.8 Å². The molecule has 150 valence electrons. The van der Waals surface area contributed by atoms with Crippen LogP contribution in [0.25, 0.3) is 27.5 Å². The lowest BCUT2D eigenvalue weighted by Gasteiger charge is -2.13. The average molecular weight is 424 g/mol.